The van der Waals surface area contributed by atoms with Crippen LogP contribution in [0.1, 0.15) is 10.4 Å². The Morgan fingerprint density at radius 2 is 1.97 bits per heavy atom. The number of anilines is 2. The molecule has 0 bridgehead atoms. The fourth-order valence-corrected chi connectivity index (χ4v) is 3.33. The van der Waals surface area contributed by atoms with Crippen molar-refractivity contribution in [3.05, 3.63) is 60.7 Å². The zero-order valence-electron chi connectivity index (χ0n) is 16.1. The van der Waals surface area contributed by atoms with Gasteiger partial charge in [0.2, 0.25) is 0 Å². The number of imidazole rings is 1. The number of fused-ring (bicyclic) bond motifs is 1. The largest absolute Gasteiger partial charge is 0.378 e. The molecule has 1 aliphatic rings. The Hall–Kier alpha value is -3.85. The number of rotatable bonds is 4. The molecule has 1 saturated heterocycles. The van der Waals surface area contributed by atoms with Gasteiger partial charge in [-0.2, -0.15) is 0 Å². The molecule has 0 atom stereocenters. The first-order valence-electron chi connectivity index (χ1n) is 9.62. The molecule has 30 heavy (non-hydrogen) atoms. The van der Waals surface area contributed by atoms with Gasteiger partial charge in [0.25, 0.3) is 5.91 Å². The van der Waals surface area contributed by atoms with Gasteiger partial charge in [-0.05, 0) is 30.3 Å². The molecule has 9 heteroatoms. The van der Waals surface area contributed by atoms with Gasteiger partial charge >= 0.3 is 0 Å². The highest BCUT2D eigenvalue weighted by Crippen LogP contribution is 2.22. The number of amides is 1. The van der Waals surface area contributed by atoms with Gasteiger partial charge in [0.1, 0.15) is 11.5 Å². The van der Waals surface area contributed by atoms with E-state index in [1.165, 1.54) is 0 Å². The number of nitrogens with zero attached hydrogens (tertiary/aromatic N) is 5. The predicted octanol–water partition coefficient (Wildman–Crippen LogP) is 2.50. The van der Waals surface area contributed by atoms with Gasteiger partial charge in [0.05, 0.1) is 36.0 Å². The number of aromatic nitrogens is 5. The van der Waals surface area contributed by atoms with Crippen molar-refractivity contribution in [2.75, 3.05) is 36.5 Å². The summed E-state index contributed by atoms with van der Waals surface area (Å²) in [5, 5.41) is 2.91. The molecule has 4 heterocycles. The monoisotopic (exact) mass is 401 g/mol. The summed E-state index contributed by atoms with van der Waals surface area (Å²) in [6.07, 6.45) is 6.48. The smallest absolute Gasteiger partial charge is 0.257 e. The summed E-state index contributed by atoms with van der Waals surface area (Å²) in [6.45, 7) is 3.00. The zero-order chi connectivity index (χ0) is 20.3. The third-order valence-corrected chi connectivity index (χ3v) is 4.89. The van der Waals surface area contributed by atoms with Crippen LogP contribution in [0.15, 0.2) is 55.1 Å². The van der Waals surface area contributed by atoms with Gasteiger partial charge in [-0.15, -0.1) is 0 Å². The van der Waals surface area contributed by atoms with Crippen molar-refractivity contribution in [1.82, 2.24) is 24.9 Å². The average molecular weight is 401 g/mol. The summed E-state index contributed by atoms with van der Waals surface area (Å²) in [6, 6.07) is 9.16. The maximum absolute atomic E-state index is 12.6. The van der Waals surface area contributed by atoms with E-state index < -0.39 is 0 Å². The molecule has 1 amide bonds. The van der Waals surface area contributed by atoms with E-state index in [0.717, 1.165) is 29.9 Å². The molecule has 0 radical (unpaired) electrons. The predicted molar refractivity (Wildman–Crippen MR) is 112 cm³/mol. The van der Waals surface area contributed by atoms with Crippen LogP contribution in [-0.4, -0.2) is 57.1 Å². The summed E-state index contributed by atoms with van der Waals surface area (Å²) in [4.78, 5) is 35.3. The van der Waals surface area contributed by atoms with Gasteiger partial charge in [0.15, 0.2) is 5.82 Å². The topological polar surface area (TPSA) is 109 Å². The van der Waals surface area contributed by atoms with Crippen LogP contribution in [0.3, 0.4) is 0 Å². The van der Waals surface area contributed by atoms with Crippen molar-refractivity contribution < 1.29 is 9.53 Å². The van der Waals surface area contributed by atoms with E-state index in [1.807, 2.05) is 24.3 Å². The summed E-state index contributed by atoms with van der Waals surface area (Å²) in [5.74, 6) is 1.26. The first kappa shape index (κ1) is 18.2. The maximum atomic E-state index is 12.6. The summed E-state index contributed by atoms with van der Waals surface area (Å²) < 4.78 is 5.36. The van der Waals surface area contributed by atoms with Crippen molar-refractivity contribution in [3.63, 3.8) is 0 Å². The van der Waals surface area contributed by atoms with Crippen molar-refractivity contribution in [2.24, 2.45) is 0 Å². The number of carbonyl (C=O) groups excluding carboxylic acids is 1. The number of nitrogens with one attached hydrogen (secondary N) is 2. The number of carbonyl (C=O) groups is 1. The minimum absolute atomic E-state index is 0.218. The summed E-state index contributed by atoms with van der Waals surface area (Å²) in [7, 11) is 0. The van der Waals surface area contributed by atoms with Gasteiger partial charge in [0, 0.05) is 37.4 Å². The van der Waals surface area contributed by atoms with Crippen LogP contribution in [-0.2, 0) is 4.74 Å². The molecule has 1 fully saturated rings. The highest BCUT2D eigenvalue weighted by molar-refractivity contribution is 6.04. The average Bonchev–Trinajstić information content (AvgIpc) is 3.24. The SMILES string of the molecule is O=C(Nc1ccc2nc(-c3cnccn3)[nH]c2c1)c1ccc(N2CCOCC2)nc1. The summed E-state index contributed by atoms with van der Waals surface area (Å²) >= 11 is 0. The minimum Gasteiger partial charge on any atom is -0.378 e. The molecule has 9 nitrogen and oxygen atoms in total. The Balaban J connectivity index is 1.31. The van der Waals surface area contributed by atoms with E-state index in [4.69, 9.17) is 4.74 Å². The van der Waals surface area contributed by atoms with Crippen LogP contribution in [0.4, 0.5) is 11.5 Å². The number of hydrogen-bond donors (Lipinski definition) is 2. The Morgan fingerprint density at radius 3 is 2.73 bits per heavy atom. The number of aromatic amines is 1. The van der Waals surface area contributed by atoms with Gasteiger partial charge in [-0.1, -0.05) is 0 Å². The fraction of sp³-hybridized carbons (Fsp3) is 0.190. The first-order chi connectivity index (χ1) is 14.8. The lowest BCUT2D eigenvalue weighted by Crippen LogP contribution is -2.36. The Kier molecular flexibility index (Phi) is 4.78. The number of pyridine rings is 1. The van der Waals surface area contributed by atoms with E-state index >= 15 is 0 Å². The summed E-state index contributed by atoms with van der Waals surface area (Å²) in [5.41, 5.74) is 3.40. The molecular formula is C21H19N7O2. The van der Waals surface area contributed by atoms with Crippen molar-refractivity contribution in [3.8, 4) is 11.5 Å². The highest BCUT2D eigenvalue weighted by atomic mass is 16.5. The van der Waals surface area contributed by atoms with E-state index in [9.17, 15) is 4.79 Å². The van der Waals surface area contributed by atoms with E-state index in [0.29, 0.717) is 36.0 Å². The van der Waals surface area contributed by atoms with Crippen LogP contribution in [0, 0.1) is 0 Å². The van der Waals surface area contributed by atoms with Crippen LogP contribution in [0.2, 0.25) is 0 Å². The molecule has 3 aromatic heterocycles. The molecule has 4 aromatic rings. The standard InChI is InChI=1S/C21H19N7O2/c29-21(14-1-4-19(24-12-14)28-7-9-30-10-8-28)25-15-2-3-16-17(11-15)27-20(26-16)18-13-22-5-6-23-18/h1-6,11-13H,7-10H2,(H,25,29)(H,26,27). The fourth-order valence-electron chi connectivity index (χ4n) is 3.33. The second-order valence-corrected chi connectivity index (χ2v) is 6.87. The van der Waals surface area contributed by atoms with Gasteiger partial charge < -0.3 is 19.9 Å². The molecule has 150 valence electrons. The van der Waals surface area contributed by atoms with Crippen LogP contribution in [0.25, 0.3) is 22.6 Å². The molecule has 2 N–H and O–H groups in total. The lowest BCUT2D eigenvalue weighted by Gasteiger charge is -2.27. The number of H-pyrrole nitrogens is 1. The van der Waals surface area contributed by atoms with Crippen molar-refractivity contribution in [1.29, 1.82) is 0 Å². The first-order valence-corrected chi connectivity index (χ1v) is 9.62. The third kappa shape index (κ3) is 3.70. The number of hydrogen-bond acceptors (Lipinski definition) is 7. The van der Waals surface area contributed by atoms with Crippen LogP contribution in [0.5, 0.6) is 0 Å². The molecule has 0 spiro atoms. The van der Waals surface area contributed by atoms with Crippen LogP contribution < -0.4 is 10.2 Å². The second kappa shape index (κ2) is 7.88. The molecule has 1 aromatic carbocycles. The molecule has 0 saturated carbocycles. The number of morpholine rings is 1. The van der Waals surface area contributed by atoms with Gasteiger partial charge in [-0.3, -0.25) is 9.78 Å². The number of benzene rings is 1. The normalized spacial score (nSPS) is 14.1. The molecular weight excluding hydrogens is 382 g/mol. The van der Waals surface area contributed by atoms with Crippen molar-refractivity contribution >= 4 is 28.4 Å². The number of ether oxygens (including phenoxy) is 1. The van der Waals surface area contributed by atoms with Gasteiger partial charge in [-0.25, -0.2) is 15.0 Å². The molecule has 5 rings (SSSR count). The second-order valence-electron chi connectivity index (χ2n) is 6.87. The quantitative estimate of drug-likeness (QED) is 0.541. The van der Waals surface area contributed by atoms with Crippen LogP contribution >= 0.6 is 0 Å². The third-order valence-electron chi connectivity index (χ3n) is 4.89. The lowest BCUT2D eigenvalue weighted by atomic mass is 10.2. The lowest BCUT2D eigenvalue weighted by molar-refractivity contribution is 0.102. The zero-order valence-corrected chi connectivity index (χ0v) is 16.1. The van der Waals surface area contributed by atoms with Crippen molar-refractivity contribution in [2.45, 2.75) is 0 Å². The maximum Gasteiger partial charge on any atom is 0.257 e. The van der Waals surface area contributed by atoms with E-state index in [2.05, 4.69) is 35.1 Å². The van der Waals surface area contributed by atoms with E-state index in [1.54, 1.807) is 30.9 Å². The highest BCUT2D eigenvalue weighted by Gasteiger charge is 2.14. The Morgan fingerprint density at radius 1 is 1.07 bits per heavy atom. The Bertz CT molecular complexity index is 1170. The minimum atomic E-state index is -0.218. The molecule has 0 aliphatic carbocycles. The molecule has 0 unspecified atom stereocenters. The molecule has 1 aliphatic heterocycles. The van der Waals surface area contributed by atoms with E-state index in [-0.39, 0.29) is 5.91 Å². The Labute approximate surface area is 172 Å².